The number of ether oxygens (including phenoxy) is 2. The summed E-state index contributed by atoms with van der Waals surface area (Å²) in [5, 5.41) is 8.46. The minimum Gasteiger partial charge on any atom is -0.497 e. The van der Waals surface area contributed by atoms with E-state index >= 15 is 0 Å². The molecule has 0 fully saturated rings. The molecule has 0 aliphatic carbocycles. The Kier molecular flexibility index (Phi) is 3.89. The van der Waals surface area contributed by atoms with Crippen LogP contribution in [0, 0.1) is 6.92 Å². The van der Waals surface area contributed by atoms with Gasteiger partial charge in [0, 0.05) is 11.3 Å². The average Bonchev–Trinajstić information content (AvgIpc) is 3.04. The van der Waals surface area contributed by atoms with Crippen molar-refractivity contribution in [3.05, 3.63) is 48.2 Å². The fraction of sp³-hybridized carbons (Fsp3) is 0.176. The van der Waals surface area contributed by atoms with Crippen LogP contribution in [0.5, 0.6) is 11.5 Å². The van der Waals surface area contributed by atoms with Crippen molar-refractivity contribution in [3.63, 3.8) is 0 Å². The van der Waals surface area contributed by atoms with E-state index in [2.05, 4.69) is 10.3 Å². The zero-order valence-electron chi connectivity index (χ0n) is 13.3. The molecule has 0 aliphatic heterocycles. The topological polar surface area (TPSA) is 75.2 Å². The number of rotatable bonds is 4. The lowest BCUT2D eigenvalue weighted by atomic mass is 10.1. The molecule has 0 radical (unpaired) electrons. The molecule has 0 unspecified atom stereocenters. The van der Waals surface area contributed by atoms with Gasteiger partial charge in [-0.3, -0.25) is 0 Å². The predicted molar refractivity (Wildman–Crippen MR) is 89.0 cm³/mol. The Hall–Kier alpha value is -3.02. The van der Waals surface area contributed by atoms with Gasteiger partial charge in [0.2, 0.25) is 0 Å². The van der Waals surface area contributed by atoms with Gasteiger partial charge in [-0.15, -0.1) is 5.10 Å². The van der Waals surface area contributed by atoms with E-state index in [0.717, 1.165) is 28.3 Å². The maximum atomic E-state index is 5.86. The van der Waals surface area contributed by atoms with Crippen LogP contribution in [0.1, 0.15) is 5.56 Å². The van der Waals surface area contributed by atoms with Crippen molar-refractivity contribution in [2.45, 2.75) is 6.92 Å². The van der Waals surface area contributed by atoms with Crippen LogP contribution in [0.4, 0.5) is 5.69 Å². The number of nitrogens with two attached hydrogens (primary N) is 1. The van der Waals surface area contributed by atoms with Gasteiger partial charge in [0.15, 0.2) is 0 Å². The van der Waals surface area contributed by atoms with Crippen molar-refractivity contribution in [2.24, 2.45) is 0 Å². The molecule has 1 aromatic heterocycles. The maximum absolute atomic E-state index is 5.86. The van der Waals surface area contributed by atoms with Gasteiger partial charge in [0.1, 0.15) is 22.9 Å². The smallest absolute Gasteiger partial charge is 0.144 e. The highest BCUT2D eigenvalue weighted by Crippen LogP contribution is 2.28. The Labute approximate surface area is 134 Å². The third-order valence-corrected chi connectivity index (χ3v) is 3.65. The maximum Gasteiger partial charge on any atom is 0.144 e. The third kappa shape index (κ3) is 2.83. The summed E-state index contributed by atoms with van der Waals surface area (Å²) in [4.78, 5) is 0. The van der Waals surface area contributed by atoms with Crippen LogP contribution in [0.2, 0.25) is 0 Å². The van der Waals surface area contributed by atoms with Gasteiger partial charge < -0.3 is 15.2 Å². The summed E-state index contributed by atoms with van der Waals surface area (Å²) in [6, 6.07) is 11.2. The molecular weight excluding hydrogens is 292 g/mol. The largest absolute Gasteiger partial charge is 0.497 e. The first-order chi connectivity index (χ1) is 11.1. The number of methoxy groups -OCH3 is 2. The van der Waals surface area contributed by atoms with E-state index in [1.807, 2.05) is 37.4 Å². The standard InChI is InChI=1S/C17H18N4O2/c1-11-8-13(22-2)5-6-14(11)15-10-21(20-19-15)16-9-12(18)4-7-17(16)23-3/h4-10H,18H2,1-3H3. The summed E-state index contributed by atoms with van der Waals surface area (Å²) >= 11 is 0. The van der Waals surface area contributed by atoms with E-state index in [1.165, 1.54) is 0 Å². The summed E-state index contributed by atoms with van der Waals surface area (Å²) in [7, 11) is 3.26. The summed E-state index contributed by atoms with van der Waals surface area (Å²) in [6.07, 6.45) is 1.85. The third-order valence-electron chi connectivity index (χ3n) is 3.65. The van der Waals surface area contributed by atoms with Gasteiger partial charge in [0.25, 0.3) is 0 Å². The molecule has 2 N–H and O–H groups in total. The second-order valence-corrected chi connectivity index (χ2v) is 5.16. The number of hydrogen-bond donors (Lipinski definition) is 1. The molecule has 6 heteroatoms. The van der Waals surface area contributed by atoms with Gasteiger partial charge in [-0.2, -0.15) is 0 Å². The molecule has 118 valence electrons. The summed E-state index contributed by atoms with van der Waals surface area (Å²) in [6.45, 7) is 2.01. The van der Waals surface area contributed by atoms with E-state index in [-0.39, 0.29) is 0 Å². The molecule has 0 saturated heterocycles. The van der Waals surface area contributed by atoms with Gasteiger partial charge >= 0.3 is 0 Å². The predicted octanol–water partition coefficient (Wildman–Crippen LogP) is 2.84. The number of benzene rings is 2. The number of aryl methyl sites for hydroxylation is 1. The van der Waals surface area contributed by atoms with Crippen LogP contribution in [0.25, 0.3) is 16.9 Å². The number of nitrogens with zero attached hydrogens (tertiary/aromatic N) is 3. The second kappa shape index (κ2) is 6.00. The average molecular weight is 310 g/mol. The SMILES string of the molecule is COc1ccc(-c2cn(-c3cc(N)ccc3OC)nn2)c(C)c1. The number of nitrogen functional groups attached to an aromatic ring is 1. The Morgan fingerprint density at radius 3 is 2.57 bits per heavy atom. The van der Waals surface area contributed by atoms with E-state index in [9.17, 15) is 0 Å². The van der Waals surface area contributed by atoms with E-state index < -0.39 is 0 Å². The van der Waals surface area contributed by atoms with Gasteiger partial charge in [-0.05, 0) is 48.9 Å². The molecule has 2 aromatic carbocycles. The normalized spacial score (nSPS) is 10.6. The first-order valence-electron chi connectivity index (χ1n) is 7.13. The lowest BCUT2D eigenvalue weighted by molar-refractivity contribution is 0.411. The quantitative estimate of drug-likeness (QED) is 0.750. The van der Waals surface area contributed by atoms with Crippen LogP contribution >= 0.6 is 0 Å². The minimum atomic E-state index is 0.637. The van der Waals surface area contributed by atoms with Crippen molar-refractivity contribution in [2.75, 3.05) is 20.0 Å². The molecule has 3 aromatic rings. The molecule has 0 amide bonds. The molecule has 1 heterocycles. The first-order valence-corrected chi connectivity index (χ1v) is 7.13. The van der Waals surface area contributed by atoms with Crippen LogP contribution in [-0.2, 0) is 0 Å². The lowest BCUT2D eigenvalue weighted by Gasteiger charge is -2.08. The molecule has 0 saturated carbocycles. The summed E-state index contributed by atoms with van der Waals surface area (Å²) in [5.41, 5.74) is 10.1. The molecule has 6 nitrogen and oxygen atoms in total. The number of aromatic nitrogens is 3. The molecule has 0 bridgehead atoms. The Balaban J connectivity index is 2.03. The fourth-order valence-electron chi connectivity index (χ4n) is 2.44. The zero-order chi connectivity index (χ0) is 16.4. The van der Waals surface area contributed by atoms with Crippen LogP contribution in [-0.4, -0.2) is 29.2 Å². The number of hydrogen-bond acceptors (Lipinski definition) is 5. The lowest BCUT2D eigenvalue weighted by Crippen LogP contribution is -2.00. The zero-order valence-corrected chi connectivity index (χ0v) is 13.3. The Morgan fingerprint density at radius 1 is 1.04 bits per heavy atom. The minimum absolute atomic E-state index is 0.637. The summed E-state index contributed by atoms with van der Waals surface area (Å²) in [5.74, 6) is 1.50. The van der Waals surface area contributed by atoms with Crippen molar-refractivity contribution >= 4 is 5.69 Å². The first kappa shape index (κ1) is 14.9. The van der Waals surface area contributed by atoms with E-state index in [0.29, 0.717) is 11.4 Å². The van der Waals surface area contributed by atoms with Gasteiger partial charge in [-0.25, -0.2) is 4.68 Å². The van der Waals surface area contributed by atoms with Crippen LogP contribution in [0.15, 0.2) is 42.6 Å². The van der Waals surface area contributed by atoms with Crippen LogP contribution < -0.4 is 15.2 Å². The molecule has 0 aliphatic rings. The molecule has 23 heavy (non-hydrogen) atoms. The molecule has 0 spiro atoms. The Morgan fingerprint density at radius 2 is 1.87 bits per heavy atom. The molecule has 3 rings (SSSR count). The summed E-state index contributed by atoms with van der Waals surface area (Å²) < 4.78 is 12.3. The Bertz CT molecular complexity index is 842. The molecular formula is C17H18N4O2. The van der Waals surface area contributed by atoms with Crippen LogP contribution in [0.3, 0.4) is 0 Å². The van der Waals surface area contributed by atoms with Gasteiger partial charge in [0.05, 0.1) is 20.4 Å². The fourth-order valence-corrected chi connectivity index (χ4v) is 2.44. The highest BCUT2D eigenvalue weighted by molar-refractivity contribution is 5.65. The second-order valence-electron chi connectivity index (χ2n) is 5.16. The van der Waals surface area contributed by atoms with Crippen molar-refractivity contribution in [1.29, 1.82) is 0 Å². The number of anilines is 1. The van der Waals surface area contributed by atoms with Crippen molar-refractivity contribution < 1.29 is 9.47 Å². The monoisotopic (exact) mass is 310 g/mol. The van der Waals surface area contributed by atoms with Crippen molar-refractivity contribution in [1.82, 2.24) is 15.0 Å². The van der Waals surface area contributed by atoms with E-state index in [1.54, 1.807) is 31.0 Å². The van der Waals surface area contributed by atoms with E-state index in [4.69, 9.17) is 15.2 Å². The highest BCUT2D eigenvalue weighted by Gasteiger charge is 2.12. The highest BCUT2D eigenvalue weighted by atomic mass is 16.5. The van der Waals surface area contributed by atoms with Crippen molar-refractivity contribution in [3.8, 4) is 28.4 Å². The van der Waals surface area contributed by atoms with Gasteiger partial charge in [-0.1, -0.05) is 5.21 Å². The molecule has 0 atom stereocenters.